The van der Waals surface area contributed by atoms with Gasteiger partial charge in [-0.25, -0.2) is 9.79 Å². The van der Waals surface area contributed by atoms with Crippen LogP contribution in [0.3, 0.4) is 0 Å². The fourth-order valence-electron chi connectivity index (χ4n) is 1.48. The summed E-state index contributed by atoms with van der Waals surface area (Å²) in [7, 11) is 0. The second-order valence-corrected chi connectivity index (χ2v) is 5.04. The number of hydrogen-bond donors (Lipinski definition) is 2. The van der Waals surface area contributed by atoms with Gasteiger partial charge in [-0.3, -0.25) is 0 Å². The highest BCUT2D eigenvalue weighted by Gasteiger charge is 2.30. The first-order valence-corrected chi connectivity index (χ1v) is 5.07. The van der Waals surface area contributed by atoms with Crippen LogP contribution >= 0.6 is 25.3 Å². The van der Waals surface area contributed by atoms with E-state index in [4.69, 9.17) is 0 Å². The van der Waals surface area contributed by atoms with Gasteiger partial charge in [-0.15, -0.1) is 0 Å². The highest BCUT2D eigenvalue weighted by atomic mass is 32.1. The van der Waals surface area contributed by atoms with Crippen LogP contribution in [0.1, 0.15) is 25.7 Å². The zero-order chi connectivity index (χ0) is 9.03. The lowest BCUT2D eigenvalue weighted by atomic mass is 9.88. The maximum Gasteiger partial charge on any atom is 0.234 e. The van der Waals surface area contributed by atoms with Gasteiger partial charge < -0.3 is 0 Å². The Labute approximate surface area is 83.7 Å². The topological polar surface area (TPSA) is 29.4 Å². The summed E-state index contributed by atoms with van der Waals surface area (Å²) in [6.45, 7) is 0.500. The first-order valence-electron chi connectivity index (χ1n) is 4.10. The van der Waals surface area contributed by atoms with Crippen LogP contribution in [0.15, 0.2) is 4.99 Å². The van der Waals surface area contributed by atoms with Gasteiger partial charge in [0, 0.05) is 10.00 Å². The number of hydrogen-bond acceptors (Lipinski definition) is 4. The lowest BCUT2D eigenvalue weighted by molar-refractivity contribution is 0.415. The van der Waals surface area contributed by atoms with Crippen molar-refractivity contribution in [3.8, 4) is 0 Å². The largest absolute Gasteiger partial charge is 0.234 e. The standard InChI is InChI=1S/C8H13NOS2/c10-6-9-5-8(12)3-1-7(11)2-4-8/h7,11-12H,1-5H2. The van der Waals surface area contributed by atoms with Gasteiger partial charge in [-0.1, -0.05) is 0 Å². The maximum absolute atomic E-state index is 9.91. The summed E-state index contributed by atoms with van der Waals surface area (Å²) in [4.78, 5) is 13.5. The van der Waals surface area contributed by atoms with E-state index >= 15 is 0 Å². The zero-order valence-corrected chi connectivity index (χ0v) is 8.65. The van der Waals surface area contributed by atoms with Crippen LogP contribution in [-0.4, -0.2) is 22.6 Å². The van der Waals surface area contributed by atoms with Crippen molar-refractivity contribution >= 4 is 31.3 Å². The lowest BCUT2D eigenvalue weighted by Gasteiger charge is -2.33. The van der Waals surface area contributed by atoms with Crippen molar-refractivity contribution in [1.29, 1.82) is 0 Å². The van der Waals surface area contributed by atoms with E-state index in [9.17, 15) is 4.79 Å². The van der Waals surface area contributed by atoms with Crippen LogP contribution in [-0.2, 0) is 4.79 Å². The lowest BCUT2D eigenvalue weighted by Crippen LogP contribution is -2.31. The minimum Gasteiger partial charge on any atom is -0.211 e. The third kappa shape index (κ3) is 2.85. The Hall–Kier alpha value is 0.0800. The molecule has 0 aliphatic heterocycles. The number of thiol groups is 2. The minimum absolute atomic E-state index is 0.0728. The van der Waals surface area contributed by atoms with Gasteiger partial charge in [-0.2, -0.15) is 25.3 Å². The minimum atomic E-state index is -0.0728. The van der Waals surface area contributed by atoms with Crippen molar-refractivity contribution in [2.75, 3.05) is 6.54 Å². The molecular weight excluding hydrogens is 190 g/mol. The normalized spacial score (nSPS) is 35.7. The Morgan fingerprint density at radius 1 is 1.50 bits per heavy atom. The quantitative estimate of drug-likeness (QED) is 0.400. The smallest absolute Gasteiger partial charge is 0.211 e. The highest BCUT2D eigenvalue weighted by Crippen LogP contribution is 2.35. The molecule has 0 aromatic carbocycles. The molecule has 2 nitrogen and oxygen atoms in total. The predicted molar refractivity (Wildman–Crippen MR) is 55.9 cm³/mol. The van der Waals surface area contributed by atoms with Crippen molar-refractivity contribution in [2.24, 2.45) is 4.99 Å². The van der Waals surface area contributed by atoms with Gasteiger partial charge in [-0.05, 0) is 25.7 Å². The second-order valence-electron chi connectivity index (χ2n) is 3.36. The van der Waals surface area contributed by atoms with Crippen LogP contribution in [0, 0.1) is 0 Å². The monoisotopic (exact) mass is 203 g/mol. The van der Waals surface area contributed by atoms with Gasteiger partial charge in [0.2, 0.25) is 6.08 Å². The second kappa shape index (κ2) is 4.35. The third-order valence-corrected chi connectivity index (χ3v) is 3.43. The van der Waals surface area contributed by atoms with E-state index in [2.05, 4.69) is 30.2 Å². The number of aliphatic imine (C=N–C) groups is 1. The Bertz CT molecular complexity index is 193. The molecule has 1 fully saturated rings. The predicted octanol–water partition coefficient (Wildman–Crippen LogP) is 1.86. The summed E-state index contributed by atoms with van der Waals surface area (Å²) >= 11 is 8.91. The molecule has 0 spiro atoms. The molecule has 1 aliphatic rings. The molecule has 1 aliphatic carbocycles. The van der Waals surface area contributed by atoms with E-state index in [1.165, 1.54) is 0 Å². The van der Waals surface area contributed by atoms with E-state index in [0.29, 0.717) is 11.8 Å². The molecule has 68 valence electrons. The van der Waals surface area contributed by atoms with E-state index in [-0.39, 0.29) is 4.75 Å². The van der Waals surface area contributed by atoms with Crippen LogP contribution in [0.5, 0.6) is 0 Å². The van der Waals surface area contributed by atoms with Gasteiger partial charge in [0.05, 0.1) is 6.54 Å². The average molecular weight is 203 g/mol. The number of nitrogens with zero attached hydrogens (tertiary/aromatic N) is 1. The molecule has 12 heavy (non-hydrogen) atoms. The summed E-state index contributed by atoms with van der Waals surface area (Å²) in [5.74, 6) is 0. The average Bonchev–Trinajstić information content (AvgIpc) is 2.08. The van der Waals surface area contributed by atoms with Gasteiger partial charge in [0.1, 0.15) is 0 Å². The number of carbonyl (C=O) groups excluding carboxylic acids is 1. The molecular formula is C8H13NOS2. The van der Waals surface area contributed by atoms with Gasteiger partial charge >= 0.3 is 0 Å². The molecule has 0 saturated heterocycles. The molecule has 0 atom stereocenters. The fraction of sp³-hybridized carbons (Fsp3) is 0.875. The first kappa shape index (κ1) is 10.2. The molecule has 0 bridgehead atoms. The van der Waals surface area contributed by atoms with Crippen LogP contribution in [0.25, 0.3) is 0 Å². The fourth-order valence-corrected chi connectivity index (χ4v) is 2.06. The molecule has 1 rings (SSSR count). The molecule has 0 amide bonds. The van der Waals surface area contributed by atoms with Crippen LogP contribution in [0.4, 0.5) is 0 Å². The Morgan fingerprint density at radius 3 is 2.58 bits per heavy atom. The Morgan fingerprint density at radius 2 is 2.08 bits per heavy atom. The zero-order valence-electron chi connectivity index (χ0n) is 6.86. The van der Waals surface area contributed by atoms with Crippen molar-refractivity contribution < 1.29 is 4.79 Å². The van der Waals surface area contributed by atoms with E-state index < -0.39 is 0 Å². The first-order chi connectivity index (χ1) is 5.66. The molecule has 0 aromatic rings. The van der Waals surface area contributed by atoms with Crippen LogP contribution in [0.2, 0.25) is 0 Å². The molecule has 0 unspecified atom stereocenters. The van der Waals surface area contributed by atoms with Crippen molar-refractivity contribution in [3.63, 3.8) is 0 Å². The number of isocyanates is 1. The van der Waals surface area contributed by atoms with Gasteiger partial charge in [0.15, 0.2) is 0 Å². The molecule has 1 saturated carbocycles. The van der Waals surface area contributed by atoms with E-state index in [1.54, 1.807) is 6.08 Å². The number of rotatable bonds is 2. The Balaban J connectivity index is 2.44. The summed E-state index contributed by atoms with van der Waals surface area (Å²) in [5.41, 5.74) is 0. The van der Waals surface area contributed by atoms with E-state index in [0.717, 1.165) is 25.7 Å². The van der Waals surface area contributed by atoms with Crippen molar-refractivity contribution in [3.05, 3.63) is 0 Å². The van der Waals surface area contributed by atoms with Crippen molar-refractivity contribution in [2.45, 2.75) is 35.7 Å². The van der Waals surface area contributed by atoms with Crippen molar-refractivity contribution in [1.82, 2.24) is 0 Å². The molecule has 0 heterocycles. The molecule has 0 radical (unpaired) electrons. The Kier molecular flexibility index (Phi) is 3.69. The maximum atomic E-state index is 9.91. The highest BCUT2D eigenvalue weighted by molar-refractivity contribution is 7.82. The SMILES string of the molecule is O=C=NCC1(S)CCC(S)CC1. The van der Waals surface area contributed by atoms with E-state index in [1.807, 2.05) is 0 Å². The summed E-state index contributed by atoms with van der Waals surface area (Å²) in [6.07, 6.45) is 5.69. The molecule has 4 heteroatoms. The summed E-state index contributed by atoms with van der Waals surface area (Å²) in [6, 6.07) is 0. The van der Waals surface area contributed by atoms with Gasteiger partial charge in [0.25, 0.3) is 0 Å². The molecule has 0 N–H and O–H groups in total. The summed E-state index contributed by atoms with van der Waals surface area (Å²) in [5, 5.41) is 0.505. The summed E-state index contributed by atoms with van der Waals surface area (Å²) < 4.78 is -0.0728. The third-order valence-electron chi connectivity index (χ3n) is 2.32. The van der Waals surface area contributed by atoms with Crippen LogP contribution < -0.4 is 0 Å². The molecule has 0 aromatic heterocycles.